The van der Waals surface area contributed by atoms with Crippen molar-refractivity contribution in [2.24, 2.45) is 0 Å². The largest absolute Gasteiger partial charge is 0.474 e. The first kappa shape index (κ1) is 26.6. The quantitative estimate of drug-likeness (QED) is 0.386. The van der Waals surface area contributed by atoms with Crippen molar-refractivity contribution in [2.45, 2.75) is 31.9 Å². The van der Waals surface area contributed by atoms with Crippen molar-refractivity contribution in [3.05, 3.63) is 71.5 Å². The van der Waals surface area contributed by atoms with Gasteiger partial charge < -0.3 is 19.9 Å². The third kappa shape index (κ3) is 6.65. The zero-order valence-corrected chi connectivity index (χ0v) is 21.4. The lowest BCUT2D eigenvalue weighted by atomic mass is 9.94. The lowest BCUT2D eigenvalue weighted by molar-refractivity contribution is 0.119. The van der Waals surface area contributed by atoms with Crippen LogP contribution in [-0.4, -0.2) is 77.9 Å². The lowest BCUT2D eigenvalue weighted by Crippen LogP contribution is -2.42. The summed E-state index contributed by atoms with van der Waals surface area (Å²) in [5.74, 6) is 0.500. The molecule has 0 radical (unpaired) electrons. The molecule has 4 rings (SSSR count). The molecular weight excluding hydrogens is 477 g/mol. The van der Waals surface area contributed by atoms with Crippen LogP contribution in [0.1, 0.15) is 24.0 Å². The van der Waals surface area contributed by atoms with E-state index in [1.54, 1.807) is 30.8 Å². The van der Waals surface area contributed by atoms with E-state index in [0.717, 1.165) is 24.3 Å². The summed E-state index contributed by atoms with van der Waals surface area (Å²) in [4.78, 5) is 15.5. The molecule has 9 nitrogen and oxygen atoms in total. The second-order valence-electron chi connectivity index (χ2n) is 9.30. The molecule has 1 fully saturated rings. The zero-order valence-electron chi connectivity index (χ0n) is 21.4. The summed E-state index contributed by atoms with van der Waals surface area (Å²) >= 11 is 0. The van der Waals surface area contributed by atoms with Crippen LogP contribution in [0.3, 0.4) is 0 Å². The number of carbonyl (C=O) groups is 1. The maximum atomic E-state index is 13.5. The summed E-state index contributed by atoms with van der Waals surface area (Å²) in [6.45, 7) is 6.19. The number of aliphatic hydroxyl groups excluding tert-OH is 1. The fourth-order valence-electron chi connectivity index (χ4n) is 4.51. The molecule has 0 spiro atoms. The Bertz CT molecular complexity index is 1170. The highest BCUT2D eigenvalue weighted by Gasteiger charge is 2.35. The number of halogens is 1. The molecule has 2 aromatic carbocycles. The lowest BCUT2D eigenvalue weighted by Gasteiger charge is -2.21. The molecule has 10 heteroatoms. The number of para-hydroxylation sites is 1. The fourth-order valence-corrected chi connectivity index (χ4v) is 4.51. The monoisotopic (exact) mass is 511 g/mol. The Labute approximate surface area is 216 Å². The van der Waals surface area contributed by atoms with Gasteiger partial charge in [-0.1, -0.05) is 30.3 Å². The first-order valence-corrected chi connectivity index (χ1v) is 12.4. The van der Waals surface area contributed by atoms with Gasteiger partial charge >= 0.3 is 6.03 Å². The van der Waals surface area contributed by atoms with Crippen molar-refractivity contribution >= 4 is 11.8 Å². The number of aromatic nitrogens is 2. The minimum atomic E-state index is -0.659. The van der Waals surface area contributed by atoms with Crippen LogP contribution in [0.4, 0.5) is 15.0 Å². The van der Waals surface area contributed by atoms with Crippen molar-refractivity contribution in [3.8, 4) is 11.6 Å². The number of nitrogens with one attached hydrogen (secondary N) is 2. The first-order chi connectivity index (χ1) is 17.9. The standard InChI is InChI=1S/C27H34FN5O4/c1-18(34)17-37-26-19(2)25(33(31-26)22-7-5-4-6-8-22)30-27(35)29-24-16-32(13-14-36-3)15-23(24)20-9-11-21(28)12-10-20/h4-12,18,23-24,34H,13-17H2,1-3H3,(H2,29,30,35)/t18-,23?,24-/m1/s1. The van der Waals surface area contributed by atoms with E-state index in [-0.39, 0.29) is 30.4 Å². The third-order valence-corrected chi connectivity index (χ3v) is 6.39. The Morgan fingerprint density at radius 2 is 1.92 bits per heavy atom. The first-order valence-electron chi connectivity index (χ1n) is 12.4. The average Bonchev–Trinajstić information content (AvgIpc) is 3.43. The Morgan fingerprint density at radius 1 is 1.19 bits per heavy atom. The van der Waals surface area contributed by atoms with Crippen molar-refractivity contribution in [3.63, 3.8) is 0 Å². The summed E-state index contributed by atoms with van der Waals surface area (Å²) in [5, 5.41) is 20.2. The number of anilines is 1. The van der Waals surface area contributed by atoms with Gasteiger partial charge in [0.25, 0.3) is 0 Å². The van der Waals surface area contributed by atoms with Crippen LogP contribution in [0.15, 0.2) is 54.6 Å². The summed E-state index contributed by atoms with van der Waals surface area (Å²) in [6, 6.07) is 15.3. The smallest absolute Gasteiger partial charge is 0.320 e. The fraction of sp³-hybridized carbons (Fsp3) is 0.407. The molecule has 1 saturated heterocycles. The minimum Gasteiger partial charge on any atom is -0.474 e. The van der Waals surface area contributed by atoms with Gasteiger partial charge in [-0.3, -0.25) is 10.2 Å². The van der Waals surface area contributed by atoms with E-state index >= 15 is 0 Å². The number of carbonyl (C=O) groups excluding carboxylic acids is 1. The zero-order chi connectivity index (χ0) is 26.4. The third-order valence-electron chi connectivity index (χ3n) is 6.39. The molecule has 1 aromatic heterocycles. The van der Waals surface area contributed by atoms with E-state index in [1.807, 2.05) is 37.3 Å². The SMILES string of the molecule is COCCN1CC(c2ccc(F)cc2)[C@H](NC(=O)Nc2c(C)c(OC[C@@H](C)O)nn2-c2ccccc2)C1. The summed E-state index contributed by atoms with van der Waals surface area (Å²) in [7, 11) is 1.66. The van der Waals surface area contributed by atoms with Gasteiger partial charge in [0.2, 0.25) is 5.88 Å². The van der Waals surface area contributed by atoms with E-state index in [9.17, 15) is 14.3 Å². The van der Waals surface area contributed by atoms with Crippen LogP contribution in [-0.2, 0) is 4.74 Å². The number of benzene rings is 2. The molecule has 0 bridgehead atoms. The predicted octanol–water partition coefficient (Wildman–Crippen LogP) is 3.32. The van der Waals surface area contributed by atoms with Gasteiger partial charge in [-0.2, -0.15) is 0 Å². The molecule has 1 aliphatic heterocycles. The number of aliphatic hydroxyl groups is 1. The van der Waals surface area contributed by atoms with Crippen LogP contribution in [0.25, 0.3) is 5.69 Å². The second kappa shape index (κ2) is 12.2. The molecule has 3 aromatic rings. The van der Waals surface area contributed by atoms with E-state index in [2.05, 4.69) is 20.6 Å². The highest BCUT2D eigenvalue weighted by molar-refractivity contribution is 5.90. The normalized spacial score (nSPS) is 18.5. The van der Waals surface area contributed by atoms with Gasteiger partial charge in [0.15, 0.2) is 0 Å². The molecule has 0 saturated carbocycles. The summed E-state index contributed by atoms with van der Waals surface area (Å²) in [5.41, 5.74) is 2.36. The van der Waals surface area contributed by atoms with E-state index in [1.165, 1.54) is 12.1 Å². The molecule has 0 aliphatic carbocycles. The van der Waals surface area contributed by atoms with E-state index in [0.29, 0.717) is 30.4 Å². The molecule has 2 heterocycles. The number of hydrogen-bond donors (Lipinski definition) is 3. The predicted molar refractivity (Wildman–Crippen MR) is 139 cm³/mol. The van der Waals surface area contributed by atoms with E-state index in [4.69, 9.17) is 9.47 Å². The van der Waals surface area contributed by atoms with Crippen molar-refractivity contribution in [1.82, 2.24) is 20.0 Å². The minimum absolute atomic E-state index is 0.00623. The Morgan fingerprint density at radius 3 is 2.59 bits per heavy atom. The number of rotatable bonds is 10. The van der Waals surface area contributed by atoms with Gasteiger partial charge in [-0.05, 0) is 43.7 Å². The summed E-state index contributed by atoms with van der Waals surface area (Å²) in [6.07, 6.45) is -0.659. The molecule has 3 N–H and O–H groups in total. The van der Waals surface area contributed by atoms with Crippen LogP contribution >= 0.6 is 0 Å². The van der Waals surface area contributed by atoms with Crippen molar-refractivity contribution in [1.29, 1.82) is 0 Å². The van der Waals surface area contributed by atoms with Crippen LogP contribution in [0.2, 0.25) is 0 Å². The highest BCUT2D eigenvalue weighted by atomic mass is 19.1. The van der Waals surface area contributed by atoms with Crippen molar-refractivity contribution in [2.75, 3.05) is 45.3 Å². The maximum absolute atomic E-state index is 13.5. The number of methoxy groups -OCH3 is 1. The van der Waals surface area contributed by atoms with Crippen LogP contribution < -0.4 is 15.4 Å². The van der Waals surface area contributed by atoms with Crippen LogP contribution in [0, 0.1) is 12.7 Å². The van der Waals surface area contributed by atoms with Crippen molar-refractivity contribution < 1.29 is 23.8 Å². The maximum Gasteiger partial charge on any atom is 0.320 e. The number of ether oxygens (including phenoxy) is 2. The topological polar surface area (TPSA) is 101 Å². The van der Waals surface area contributed by atoms with Gasteiger partial charge in [-0.25, -0.2) is 13.9 Å². The highest BCUT2D eigenvalue weighted by Crippen LogP contribution is 2.30. The number of urea groups is 1. The van der Waals surface area contributed by atoms with Gasteiger partial charge in [0.05, 0.1) is 30.0 Å². The molecule has 3 atom stereocenters. The molecule has 198 valence electrons. The van der Waals surface area contributed by atoms with Gasteiger partial charge in [0, 0.05) is 32.7 Å². The van der Waals surface area contributed by atoms with Gasteiger partial charge in [-0.15, -0.1) is 5.10 Å². The second-order valence-corrected chi connectivity index (χ2v) is 9.30. The Hall–Kier alpha value is -3.47. The van der Waals surface area contributed by atoms with Gasteiger partial charge in [0.1, 0.15) is 18.2 Å². The molecule has 37 heavy (non-hydrogen) atoms. The molecular formula is C27H34FN5O4. The van der Waals surface area contributed by atoms with Crippen LogP contribution in [0.5, 0.6) is 5.88 Å². The number of hydrogen-bond acceptors (Lipinski definition) is 6. The number of amides is 2. The molecule has 1 aliphatic rings. The average molecular weight is 512 g/mol. The Kier molecular flexibility index (Phi) is 8.75. The number of nitrogens with zero attached hydrogens (tertiary/aromatic N) is 3. The number of likely N-dealkylation sites (tertiary alicyclic amines) is 1. The Balaban J connectivity index is 1.55. The molecule has 1 unspecified atom stereocenters. The molecule has 2 amide bonds. The van der Waals surface area contributed by atoms with E-state index < -0.39 is 6.10 Å². The summed E-state index contributed by atoms with van der Waals surface area (Å²) < 4.78 is 26.1.